The van der Waals surface area contributed by atoms with E-state index in [0.29, 0.717) is 23.9 Å². The minimum atomic E-state index is -0.396. The highest BCUT2D eigenvalue weighted by atomic mass is 19.1. The molecule has 3 N–H and O–H groups in total. The highest BCUT2D eigenvalue weighted by molar-refractivity contribution is 6.00. The molecule has 0 saturated carbocycles. The largest absolute Gasteiger partial charge is 0.490 e. The van der Waals surface area contributed by atoms with Crippen LogP contribution in [0.3, 0.4) is 0 Å². The molecule has 5 rings (SSSR count). The average molecular weight is 498 g/mol. The summed E-state index contributed by atoms with van der Waals surface area (Å²) in [5.74, 6) is 0.769. The lowest BCUT2D eigenvalue weighted by atomic mass is 9.97. The van der Waals surface area contributed by atoms with Gasteiger partial charge in [-0.2, -0.15) is 0 Å². The van der Waals surface area contributed by atoms with Crippen LogP contribution in [-0.4, -0.2) is 41.7 Å². The zero-order valence-corrected chi connectivity index (χ0v) is 20.3. The number of carbonyl (C=O) groups excluding carboxylic acids is 1. The van der Waals surface area contributed by atoms with Crippen molar-refractivity contribution in [1.29, 1.82) is 0 Å². The quantitative estimate of drug-likeness (QED) is 0.279. The SMILES string of the molecule is C=CC(=O)Nc1cccc(-c2cccc3cnc(Nc4ccc(O[C@H]5CCNC[C@@H]5CF)cc4)nc23)c1. The number of ether oxygens (including phenoxy) is 1. The molecule has 2 heterocycles. The molecular weight excluding hydrogens is 469 g/mol. The fraction of sp³-hybridized carbons (Fsp3) is 0.207. The Kier molecular flexibility index (Phi) is 7.37. The monoisotopic (exact) mass is 497 g/mol. The van der Waals surface area contributed by atoms with Crippen molar-refractivity contribution >= 4 is 34.1 Å². The summed E-state index contributed by atoms with van der Waals surface area (Å²) >= 11 is 0. The maximum atomic E-state index is 13.3. The van der Waals surface area contributed by atoms with Crippen LogP contribution in [0.5, 0.6) is 5.75 Å². The first-order valence-electron chi connectivity index (χ1n) is 12.2. The van der Waals surface area contributed by atoms with Gasteiger partial charge >= 0.3 is 0 Å². The first-order valence-corrected chi connectivity index (χ1v) is 12.2. The second-order valence-electron chi connectivity index (χ2n) is 8.92. The number of halogens is 1. The van der Waals surface area contributed by atoms with Gasteiger partial charge in [-0.15, -0.1) is 0 Å². The molecule has 0 spiro atoms. The fourth-order valence-corrected chi connectivity index (χ4v) is 4.44. The predicted octanol–water partition coefficient (Wildman–Crippen LogP) is 5.49. The molecule has 37 heavy (non-hydrogen) atoms. The number of amides is 1. The number of aromatic nitrogens is 2. The summed E-state index contributed by atoms with van der Waals surface area (Å²) in [5, 5.41) is 10.2. The van der Waals surface area contributed by atoms with Crippen LogP contribution in [0, 0.1) is 5.92 Å². The van der Waals surface area contributed by atoms with Gasteiger partial charge in [0, 0.05) is 41.0 Å². The van der Waals surface area contributed by atoms with Crippen molar-refractivity contribution in [2.75, 3.05) is 30.4 Å². The lowest BCUT2D eigenvalue weighted by molar-refractivity contribution is -0.111. The summed E-state index contributed by atoms with van der Waals surface area (Å²) in [6.07, 6.45) is 3.67. The van der Waals surface area contributed by atoms with E-state index in [4.69, 9.17) is 9.72 Å². The Morgan fingerprint density at radius 2 is 1.97 bits per heavy atom. The van der Waals surface area contributed by atoms with Gasteiger partial charge in [-0.05, 0) is 61.0 Å². The Labute approximate surface area is 214 Å². The van der Waals surface area contributed by atoms with Gasteiger partial charge in [0.25, 0.3) is 0 Å². The number of nitrogens with zero attached hydrogens (tertiary/aromatic N) is 2. The van der Waals surface area contributed by atoms with Crippen molar-refractivity contribution in [3.8, 4) is 16.9 Å². The highest BCUT2D eigenvalue weighted by Crippen LogP contribution is 2.30. The lowest BCUT2D eigenvalue weighted by Crippen LogP contribution is -2.43. The van der Waals surface area contributed by atoms with Crippen LogP contribution in [-0.2, 0) is 4.79 Å². The van der Waals surface area contributed by atoms with Crippen molar-refractivity contribution in [2.24, 2.45) is 5.92 Å². The van der Waals surface area contributed by atoms with E-state index in [9.17, 15) is 9.18 Å². The number of nitrogens with one attached hydrogen (secondary N) is 3. The van der Waals surface area contributed by atoms with Gasteiger partial charge in [-0.1, -0.05) is 36.9 Å². The number of benzene rings is 3. The van der Waals surface area contributed by atoms with Gasteiger partial charge in [-0.3, -0.25) is 9.18 Å². The van der Waals surface area contributed by atoms with E-state index in [2.05, 4.69) is 27.5 Å². The van der Waals surface area contributed by atoms with Gasteiger partial charge in [0.2, 0.25) is 11.9 Å². The van der Waals surface area contributed by atoms with E-state index >= 15 is 0 Å². The molecule has 1 amide bonds. The number of para-hydroxylation sites is 1. The highest BCUT2D eigenvalue weighted by Gasteiger charge is 2.26. The van der Waals surface area contributed by atoms with Crippen LogP contribution in [0.25, 0.3) is 22.0 Å². The molecule has 1 fully saturated rings. The molecule has 0 radical (unpaired) electrons. The molecule has 1 saturated heterocycles. The summed E-state index contributed by atoms with van der Waals surface area (Å²) in [4.78, 5) is 21.0. The first-order chi connectivity index (χ1) is 18.1. The zero-order chi connectivity index (χ0) is 25.6. The van der Waals surface area contributed by atoms with Gasteiger partial charge in [0.15, 0.2) is 0 Å². The number of fused-ring (bicyclic) bond motifs is 1. The van der Waals surface area contributed by atoms with E-state index in [1.807, 2.05) is 66.7 Å². The van der Waals surface area contributed by atoms with Gasteiger partial charge in [-0.25, -0.2) is 9.97 Å². The number of piperidine rings is 1. The van der Waals surface area contributed by atoms with Crippen molar-refractivity contribution in [2.45, 2.75) is 12.5 Å². The van der Waals surface area contributed by atoms with E-state index in [1.165, 1.54) is 6.08 Å². The number of hydrogen-bond donors (Lipinski definition) is 3. The Balaban J connectivity index is 1.35. The minimum absolute atomic E-state index is 0.129. The predicted molar refractivity (Wildman–Crippen MR) is 145 cm³/mol. The third-order valence-corrected chi connectivity index (χ3v) is 6.37. The molecule has 1 aromatic heterocycles. The summed E-state index contributed by atoms with van der Waals surface area (Å²) < 4.78 is 19.4. The summed E-state index contributed by atoms with van der Waals surface area (Å²) in [6.45, 7) is 4.57. The van der Waals surface area contributed by atoms with Crippen LogP contribution >= 0.6 is 0 Å². The normalized spacial score (nSPS) is 17.2. The van der Waals surface area contributed by atoms with Crippen LogP contribution in [0.2, 0.25) is 0 Å². The maximum Gasteiger partial charge on any atom is 0.247 e. The van der Waals surface area contributed by atoms with E-state index in [-0.39, 0.29) is 17.9 Å². The smallest absolute Gasteiger partial charge is 0.247 e. The number of hydrogen-bond acceptors (Lipinski definition) is 6. The molecule has 3 aromatic carbocycles. The van der Waals surface area contributed by atoms with Crippen molar-refractivity contribution in [3.05, 3.63) is 85.6 Å². The van der Waals surface area contributed by atoms with Crippen LogP contribution in [0.15, 0.2) is 85.6 Å². The molecule has 0 bridgehead atoms. The molecule has 1 aliphatic rings. The van der Waals surface area contributed by atoms with E-state index in [1.54, 1.807) is 6.20 Å². The molecule has 1 aliphatic heterocycles. The van der Waals surface area contributed by atoms with Gasteiger partial charge in [0.1, 0.15) is 11.9 Å². The maximum absolute atomic E-state index is 13.3. The molecule has 2 atom stereocenters. The molecule has 4 aromatic rings. The molecule has 7 nitrogen and oxygen atoms in total. The molecule has 0 unspecified atom stereocenters. The van der Waals surface area contributed by atoms with Crippen molar-refractivity contribution < 1.29 is 13.9 Å². The molecule has 188 valence electrons. The second-order valence-corrected chi connectivity index (χ2v) is 8.92. The van der Waals surface area contributed by atoms with Crippen LogP contribution in [0.4, 0.5) is 21.7 Å². The Hall–Kier alpha value is -4.30. The Bertz CT molecular complexity index is 1410. The molecular formula is C29H28FN5O2. The van der Waals surface area contributed by atoms with E-state index in [0.717, 1.165) is 40.7 Å². The summed E-state index contributed by atoms with van der Waals surface area (Å²) in [7, 11) is 0. The van der Waals surface area contributed by atoms with Crippen LogP contribution < -0.4 is 20.7 Å². The molecule has 0 aliphatic carbocycles. The standard InChI is InChI=1S/C29H28FN5O2/c1-2-27(36)33-23-7-3-5-19(15-23)25-8-4-6-20-18-32-29(35-28(20)25)34-22-9-11-24(12-10-22)37-26-13-14-31-17-21(26)16-30/h2-12,15,18,21,26,31H,1,13-14,16-17H2,(H,33,36)(H,32,34,35)/t21-,26-/m0/s1. The fourth-order valence-electron chi connectivity index (χ4n) is 4.44. The second kappa shape index (κ2) is 11.2. The first kappa shape index (κ1) is 24.4. The average Bonchev–Trinajstić information content (AvgIpc) is 2.94. The summed E-state index contributed by atoms with van der Waals surface area (Å²) in [6, 6.07) is 21.0. The zero-order valence-electron chi connectivity index (χ0n) is 20.3. The summed E-state index contributed by atoms with van der Waals surface area (Å²) in [5.41, 5.74) is 4.12. The van der Waals surface area contributed by atoms with Gasteiger partial charge in [0.05, 0.1) is 12.2 Å². The van der Waals surface area contributed by atoms with Crippen molar-refractivity contribution in [1.82, 2.24) is 15.3 Å². The number of carbonyl (C=O) groups is 1. The number of rotatable bonds is 8. The number of alkyl halides is 1. The van der Waals surface area contributed by atoms with Crippen molar-refractivity contribution in [3.63, 3.8) is 0 Å². The van der Waals surface area contributed by atoms with E-state index < -0.39 is 6.67 Å². The van der Waals surface area contributed by atoms with Gasteiger partial charge < -0.3 is 20.7 Å². The molecule has 8 heteroatoms. The third kappa shape index (κ3) is 5.76. The Morgan fingerprint density at radius 1 is 1.14 bits per heavy atom. The minimum Gasteiger partial charge on any atom is -0.490 e. The third-order valence-electron chi connectivity index (χ3n) is 6.37. The topological polar surface area (TPSA) is 88.2 Å². The lowest BCUT2D eigenvalue weighted by Gasteiger charge is -2.30. The number of anilines is 3. The Morgan fingerprint density at radius 3 is 2.78 bits per heavy atom. The van der Waals surface area contributed by atoms with Crippen LogP contribution in [0.1, 0.15) is 6.42 Å².